The van der Waals surface area contributed by atoms with Crippen molar-refractivity contribution < 1.29 is 4.79 Å². The van der Waals surface area contributed by atoms with Gasteiger partial charge in [0.05, 0.1) is 39.4 Å². The van der Waals surface area contributed by atoms with Crippen LogP contribution in [0.4, 0.5) is 5.69 Å². The van der Waals surface area contributed by atoms with E-state index in [9.17, 15) is 9.59 Å². The molecule has 2 aromatic carbocycles. The van der Waals surface area contributed by atoms with Crippen LogP contribution in [0.1, 0.15) is 22.5 Å². The number of para-hydroxylation sites is 2. The third-order valence-corrected chi connectivity index (χ3v) is 7.09. The Labute approximate surface area is 205 Å². The summed E-state index contributed by atoms with van der Waals surface area (Å²) < 4.78 is 5.21. The molecule has 0 aliphatic heterocycles. The Morgan fingerprint density at radius 2 is 1.71 bits per heavy atom. The zero-order valence-corrected chi connectivity index (χ0v) is 21.0. The highest BCUT2D eigenvalue weighted by Crippen LogP contribution is 2.26. The van der Waals surface area contributed by atoms with Crippen molar-refractivity contribution in [1.82, 2.24) is 28.9 Å². The Kier molecular flexibility index (Phi) is 5.68. The van der Waals surface area contributed by atoms with Crippen molar-refractivity contribution in [2.75, 3.05) is 11.1 Å². The predicted molar refractivity (Wildman–Crippen MR) is 138 cm³/mol. The highest BCUT2D eigenvalue weighted by molar-refractivity contribution is 7.99. The second kappa shape index (κ2) is 8.70. The van der Waals surface area contributed by atoms with E-state index in [1.807, 2.05) is 75.5 Å². The Hall–Kier alpha value is -3.92. The fraction of sp³-hybridized carbons (Fsp3) is 0.240. The molecule has 0 saturated carbocycles. The fourth-order valence-electron chi connectivity index (χ4n) is 4.39. The topological polar surface area (TPSA) is 99.1 Å². The molecule has 10 heteroatoms. The van der Waals surface area contributed by atoms with E-state index in [0.717, 1.165) is 33.9 Å². The molecule has 0 saturated heterocycles. The number of hydrogen-bond acceptors (Lipinski definition) is 6. The molecule has 0 radical (unpaired) electrons. The van der Waals surface area contributed by atoms with Gasteiger partial charge in [0.25, 0.3) is 5.56 Å². The molecule has 0 aliphatic carbocycles. The number of anilines is 1. The zero-order valence-electron chi connectivity index (χ0n) is 20.2. The quantitative estimate of drug-likeness (QED) is 0.379. The van der Waals surface area contributed by atoms with E-state index >= 15 is 0 Å². The van der Waals surface area contributed by atoms with Gasteiger partial charge in [0.2, 0.25) is 11.7 Å². The maximum Gasteiger partial charge on any atom is 0.267 e. The van der Waals surface area contributed by atoms with E-state index in [0.29, 0.717) is 21.8 Å². The molecular formula is C25H25N7O2S. The van der Waals surface area contributed by atoms with Crippen LogP contribution >= 0.6 is 11.8 Å². The summed E-state index contributed by atoms with van der Waals surface area (Å²) in [6.07, 6.45) is 0. The van der Waals surface area contributed by atoms with Crippen LogP contribution < -0.4 is 10.9 Å². The summed E-state index contributed by atoms with van der Waals surface area (Å²) in [5.74, 6) is 0.372. The van der Waals surface area contributed by atoms with Gasteiger partial charge in [-0.25, -0.2) is 4.57 Å². The lowest BCUT2D eigenvalue weighted by Gasteiger charge is -2.15. The third-order valence-electron chi connectivity index (χ3n) is 6.16. The van der Waals surface area contributed by atoms with Crippen molar-refractivity contribution in [2.24, 2.45) is 7.05 Å². The molecule has 178 valence electrons. The van der Waals surface area contributed by atoms with Crippen molar-refractivity contribution in [3.63, 3.8) is 0 Å². The van der Waals surface area contributed by atoms with Gasteiger partial charge in [0.15, 0.2) is 5.16 Å². The Morgan fingerprint density at radius 1 is 1.00 bits per heavy atom. The average Bonchev–Trinajstić information content (AvgIpc) is 3.35. The molecule has 0 spiro atoms. The van der Waals surface area contributed by atoms with Crippen LogP contribution in [0.2, 0.25) is 0 Å². The van der Waals surface area contributed by atoms with E-state index in [1.54, 1.807) is 15.3 Å². The number of carbonyl (C=O) groups is 1. The van der Waals surface area contributed by atoms with E-state index in [4.69, 9.17) is 0 Å². The van der Waals surface area contributed by atoms with Gasteiger partial charge in [-0.3, -0.25) is 18.7 Å². The summed E-state index contributed by atoms with van der Waals surface area (Å²) in [6, 6.07) is 13.3. The second-order valence-electron chi connectivity index (χ2n) is 8.52. The zero-order chi connectivity index (χ0) is 24.9. The Morgan fingerprint density at radius 3 is 2.40 bits per heavy atom. The number of fused-ring (bicyclic) bond motifs is 3. The monoisotopic (exact) mass is 487 g/mol. The summed E-state index contributed by atoms with van der Waals surface area (Å²) in [4.78, 5) is 26.4. The SMILES string of the molecule is Cc1cccc(C)c1-n1c(=O)c2ccccc2n2c(SCC(=O)Nc3c(C)nn(C)c3C)nnc12. The van der Waals surface area contributed by atoms with Crippen LogP contribution in [0.15, 0.2) is 52.4 Å². The second-order valence-corrected chi connectivity index (χ2v) is 9.46. The first-order valence-corrected chi connectivity index (χ1v) is 12.1. The lowest BCUT2D eigenvalue weighted by atomic mass is 10.1. The fourth-order valence-corrected chi connectivity index (χ4v) is 5.13. The Balaban J connectivity index is 1.59. The van der Waals surface area contributed by atoms with Crippen LogP contribution in [-0.4, -0.2) is 40.6 Å². The molecule has 1 amide bonds. The first kappa shape index (κ1) is 22.9. The first-order chi connectivity index (χ1) is 16.8. The summed E-state index contributed by atoms with van der Waals surface area (Å²) in [7, 11) is 1.84. The van der Waals surface area contributed by atoms with Crippen LogP contribution in [-0.2, 0) is 11.8 Å². The average molecular weight is 488 g/mol. The number of nitrogens with one attached hydrogen (secondary N) is 1. The molecule has 1 N–H and O–H groups in total. The molecule has 0 unspecified atom stereocenters. The van der Waals surface area contributed by atoms with E-state index in [-0.39, 0.29) is 17.2 Å². The van der Waals surface area contributed by atoms with Gasteiger partial charge in [-0.15, -0.1) is 10.2 Å². The van der Waals surface area contributed by atoms with Gasteiger partial charge >= 0.3 is 0 Å². The molecule has 0 bridgehead atoms. The van der Waals surface area contributed by atoms with Crippen molar-refractivity contribution >= 4 is 40.0 Å². The van der Waals surface area contributed by atoms with Gasteiger partial charge in [-0.1, -0.05) is 42.1 Å². The number of hydrogen-bond donors (Lipinski definition) is 1. The molecular weight excluding hydrogens is 462 g/mol. The molecule has 9 nitrogen and oxygen atoms in total. The molecule has 35 heavy (non-hydrogen) atoms. The number of aromatic nitrogens is 6. The number of thioether (sulfide) groups is 1. The standard InChI is InChI=1S/C25H25N7O2S/c1-14-9-8-10-15(2)22(14)32-23(34)18-11-6-7-12-19(18)31-24(32)27-28-25(31)35-13-20(33)26-21-16(3)29-30(5)17(21)4/h6-12H,13H2,1-5H3,(H,26,33). The number of carbonyl (C=O) groups excluding carboxylic acids is 1. The maximum atomic E-state index is 13.6. The van der Waals surface area contributed by atoms with Crippen LogP contribution in [0, 0.1) is 27.7 Å². The van der Waals surface area contributed by atoms with E-state index in [2.05, 4.69) is 20.6 Å². The van der Waals surface area contributed by atoms with Crippen LogP contribution in [0.3, 0.4) is 0 Å². The molecule has 3 aromatic heterocycles. The minimum Gasteiger partial charge on any atom is -0.322 e. The van der Waals surface area contributed by atoms with Gasteiger partial charge < -0.3 is 5.32 Å². The van der Waals surface area contributed by atoms with E-state index in [1.165, 1.54) is 11.8 Å². The van der Waals surface area contributed by atoms with Gasteiger partial charge in [-0.05, 0) is 51.0 Å². The Bertz CT molecular complexity index is 1660. The smallest absolute Gasteiger partial charge is 0.267 e. The third kappa shape index (κ3) is 3.79. The number of amides is 1. The van der Waals surface area contributed by atoms with Gasteiger partial charge in [0, 0.05) is 7.05 Å². The molecule has 3 heterocycles. The molecule has 5 aromatic rings. The molecule has 0 atom stereocenters. The van der Waals surface area contributed by atoms with Crippen LogP contribution in [0.25, 0.3) is 22.4 Å². The molecule has 5 rings (SSSR count). The minimum absolute atomic E-state index is 0.130. The summed E-state index contributed by atoms with van der Waals surface area (Å²) in [5.41, 5.74) is 5.62. The number of nitrogens with zero attached hydrogens (tertiary/aromatic N) is 6. The van der Waals surface area contributed by atoms with E-state index < -0.39 is 0 Å². The van der Waals surface area contributed by atoms with Crippen molar-refractivity contribution in [3.05, 3.63) is 75.3 Å². The van der Waals surface area contributed by atoms with Gasteiger partial charge in [-0.2, -0.15) is 5.10 Å². The lowest BCUT2D eigenvalue weighted by Crippen LogP contribution is -2.23. The largest absolute Gasteiger partial charge is 0.322 e. The summed E-state index contributed by atoms with van der Waals surface area (Å²) in [6.45, 7) is 7.72. The lowest BCUT2D eigenvalue weighted by molar-refractivity contribution is -0.113. The summed E-state index contributed by atoms with van der Waals surface area (Å²) >= 11 is 1.27. The number of benzene rings is 2. The number of aryl methyl sites for hydroxylation is 4. The minimum atomic E-state index is -0.168. The number of rotatable bonds is 5. The van der Waals surface area contributed by atoms with Crippen molar-refractivity contribution in [2.45, 2.75) is 32.9 Å². The van der Waals surface area contributed by atoms with Crippen LogP contribution in [0.5, 0.6) is 0 Å². The highest BCUT2D eigenvalue weighted by atomic mass is 32.2. The molecule has 0 aliphatic rings. The first-order valence-electron chi connectivity index (χ1n) is 11.2. The highest BCUT2D eigenvalue weighted by Gasteiger charge is 2.21. The predicted octanol–water partition coefficient (Wildman–Crippen LogP) is 3.73. The maximum absolute atomic E-state index is 13.6. The normalized spacial score (nSPS) is 11.5. The molecule has 0 fully saturated rings. The van der Waals surface area contributed by atoms with Crippen molar-refractivity contribution in [1.29, 1.82) is 0 Å². The summed E-state index contributed by atoms with van der Waals surface area (Å²) in [5, 5.41) is 17.1. The van der Waals surface area contributed by atoms with Crippen molar-refractivity contribution in [3.8, 4) is 5.69 Å². The van der Waals surface area contributed by atoms with Gasteiger partial charge in [0.1, 0.15) is 0 Å².